The summed E-state index contributed by atoms with van der Waals surface area (Å²) in [6, 6.07) is 12.8. The predicted molar refractivity (Wildman–Crippen MR) is 101 cm³/mol. The van der Waals surface area contributed by atoms with E-state index in [1.54, 1.807) is 52.8 Å². The lowest BCUT2D eigenvalue weighted by Crippen LogP contribution is -2.31. The number of pyridine rings is 1. The summed E-state index contributed by atoms with van der Waals surface area (Å²) >= 11 is 13.8. The second kappa shape index (κ2) is 6.67. The van der Waals surface area contributed by atoms with Crippen molar-refractivity contribution in [2.24, 2.45) is 0 Å². The lowest BCUT2D eigenvalue weighted by Gasteiger charge is -2.26. The summed E-state index contributed by atoms with van der Waals surface area (Å²) in [6.07, 6.45) is 1.32. The van der Waals surface area contributed by atoms with E-state index in [9.17, 15) is 4.79 Å². The van der Waals surface area contributed by atoms with Gasteiger partial charge in [0.05, 0.1) is 17.8 Å². The summed E-state index contributed by atoms with van der Waals surface area (Å²) in [4.78, 5) is 20.2. The van der Waals surface area contributed by atoms with Gasteiger partial charge in [0.25, 0.3) is 5.91 Å². The van der Waals surface area contributed by atoms with Gasteiger partial charge in [0.1, 0.15) is 6.17 Å². The fraction of sp³-hybridized carbons (Fsp3) is 0.111. The molecule has 7 heteroatoms. The lowest BCUT2D eigenvalue weighted by molar-refractivity contribution is 0.0729. The molecule has 3 aromatic rings. The van der Waals surface area contributed by atoms with Gasteiger partial charge in [0.2, 0.25) is 0 Å². The van der Waals surface area contributed by atoms with Crippen molar-refractivity contribution >= 4 is 46.1 Å². The van der Waals surface area contributed by atoms with Crippen LogP contribution in [0.5, 0.6) is 0 Å². The van der Waals surface area contributed by atoms with Crippen molar-refractivity contribution in [2.45, 2.75) is 12.7 Å². The highest BCUT2D eigenvalue weighted by Crippen LogP contribution is 2.35. The van der Waals surface area contributed by atoms with Crippen LogP contribution in [0.15, 0.2) is 54.0 Å². The van der Waals surface area contributed by atoms with Crippen LogP contribution in [-0.2, 0) is 6.54 Å². The minimum absolute atomic E-state index is 0.0397. The Kier molecular flexibility index (Phi) is 4.37. The van der Waals surface area contributed by atoms with E-state index in [4.69, 9.17) is 23.2 Å². The minimum atomic E-state index is -0.375. The molecule has 0 bridgehead atoms. The first-order chi connectivity index (χ1) is 12.1. The molecule has 1 aliphatic rings. The van der Waals surface area contributed by atoms with Gasteiger partial charge in [0, 0.05) is 26.8 Å². The second-order valence-electron chi connectivity index (χ2n) is 5.65. The van der Waals surface area contributed by atoms with Crippen molar-refractivity contribution in [1.29, 1.82) is 0 Å². The van der Waals surface area contributed by atoms with Crippen molar-refractivity contribution in [3.8, 4) is 0 Å². The molecule has 1 unspecified atom stereocenters. The fourth-order valence-electron chi connectivity index (χ4n) is 2.91. The Hall–Kier alpha value is -2.08. The molecule has 1 amide bonds. The molecule has 0 fully saturated rings. The molecule has 1 aromatic carbocycles. The molecule has 1 aliphatic heterocycles. The molecule has 3 heterocycles. The normalized spacial score (nSPS) is 16.2. The number of thiophene rings is 1. The predicted octanol–water partition coefficient (Wildman–Crippen LogP) is 5.22. The van der Waals surface area contributed by atoms with Crippen LogP contribution < -0.4 is 5.32 Å². The largest absolute Gasteiger partial charge is 0.360 e. The number of hydrogen-bond donors (Lipinski definition) is 1. The van der Waals surface area contributed by atoms with Crippen LogP contribution in [-0.4, -0.2) is 15.8 Å². The van der Waals surface area contributed by atoms with E-state index in [-0.39, 0.29) is 12.1 Å². The first-order valence-electron chi connectivity index (χ1n) is 7.63. The molecule has 0 saturated carbocycles. The van der Waals surface area contributed by atoms with Crippen molar-refractivity contribution < 1.29 is 4.79 Å². The summed E-state index contributed by atoms with van der Waals surface area (Å²) in [7, 11) is 0. The topological polar surface area (TPSA) is 45.2 Å². The Bertz CT molecular complexity index is 910. The van der Waals surface area contributed by atoms with Crippen LogP contribution in [0.3, 0.4) is 0 Å². The Morgan fingerprint density at radius 2 is 1.96 bits per heavy atom. The Balaban J connectivity index is 1.71. The third kappa shape index (κ3) is 3.23. The molecular weight excluding hydrogens is 377 g/mol. The molecule has 4 rings (SSSR count). The van der Waals surface area contributed by atoms with E-state index < -0.39 is 0 Å². The molecule has 2 aromatic heterocycles. The quantitative estimate of drug-likeness (QED) is 0.665. The van der Waals surface area contributed by atoms with Gasteiger partial charge in [-0.1, -0.05) is 29.3 Å². The van der Waals surface area contributed by atoms with Gasteiger partial charge < -0.3 is 10.2 Å². The Morgan fingerprint density at radius 1 is 1.16 bits per heavy atom. The van der Waals surface area contributed by atoms with Crippen LogP contribution >= 0.6 is 34.5 Å². The molecule has 4 nitrogen and oxygen atoms in total. The van der Waals surface area contributed by atoms with Crippen molar-refractivity contribution in [1.82, 2.24) is 9.88 Å². The first-order valence-corrected chi connectivity index (χ1v) is 9.26. The summed E-state index contributed by atoms with van der Waals surface area (Å²) in [6.45, 7) is 0.513. The molecule has 25 heavy (non-hydrogen) atoms. The molecule has 1 atom stereocenters. The third-order valence-electron chi connectivity index (χ3n) is 3.97. The van der Waals surface area contributed by atoms with Gasteiger partial charge in [-0.2, -0.15) is 0 Å². The molecule has 1 N–H and O–H groups in total. The lowest BCUT2D eigenvalue weighted by atomic mass is 10.2. The molecule has 0 radical (unpaired) electrons. The Labute approximate surface area is 159 Å². The maximum Gasteiger partial charge on any atom is 0.258 e. The van der Waals surface area contributed by atoms with Gasteiger partial charge in [-0.15, -0.1) is 11.3 Å². The summed E-state index contributed by atoms with van der Waals surface area (Å²) in [5.41, 5.74) is 2.06. The third-order valence-corrected chi connectivity index (χ3v) is 5.27. The number of anilines is 1. The zero-order chi connectivity index (χ0) is 17.4. The highest BCUT2D eigenvalue weighted by Gasteiger charge is 2.38. The number of hydrogen-bond acceptors (Lipinski definition) is 4. The van der Waals surface area contributed by atoms with E-state index in [0.29, 0.717) is 27.8 Å². The van der Waals surface area contributed by atoms with Crippen molar-refractivity contribution in [3.05, 3.63) is 80.2 Å². The van der Waals surface area contributed by atoms with Gasteiger partial charge in [-0.25, -0.2) is 0 Å². The van der Waals surface area contributed by atoms with E-state index in [1.165, 1.54) is 0 Å². The van der Waals surface area contributed by atoms with Crippen molar-refractivity contribution in [2.75, 3.05) is 5.32 Å². The average Bonchev–Trinajstić information content (AvgIpc) is 3.17. The number of benzene rings is 1. The minimum Gasteiger partial charge on any atom is -0.360 e. The number of rotatable bonds is 4. The van der Waals surface area contributed by atoms with Crippen LogP contribution in [0.4, 0.5) is 5.69 Å². The van der Waals surface area contributed by atoms with Gasteiger partial charge in [0.15, 0.2) is 0 Å². The van der Waals surface area contributed by atoms with E-state index in [0.717, 1.165) is 10.6 Å². The number of fused-ring (bicyclic) bond motifs is 1. The summed E-state index contributed by atoms with van der Waals surface area (Å²) < 4.78 is 0. The van der Waals surface area contributed by atoms with Crippen LogP contribution in [0, 0.1) is 0 Å². The van der Waals surface area contributed by atoms with Gasteiger partial charge >= 0.3 is 0 Å². The number of carbonyl (C=O) groups excluding carboxylic acids is 1. The maximum atomic E-state index is 12.9. The monoisotopic (exact) mass is 389 g/mol. The molecule has 0 spiro atoms. The van der Waals surface area contributed by atoms with Crippen LogP contribution in [0.2, 0.25) is 10.0 Å². The smallest absolute Gasteiger partial charge is 0.258 e. The highest BCUT2D eigenvalue weighted by molar-refractivity contribution is 7.09. The zero-order valence-corrected chi connectivity index (χ0v) is 15.3. The number of aromatic nitrogens is 1. The first kappa shape index (κ1) is 16.4. The highest BCUT2D eigenvalue weighted by atomic mass is 35.5. The average molecular weight is 390 g/mol. The van der Waals surface area contributed by atoms with E-state index in [1.807, 2.05) is 17.5 Å². The summed E-state index contributed by atoms with van der Waals surface area (Å²) in [5.74, 6) is -0.0397. The zero-order valence-electron chi connectivity index (χ0n) is 12.9. The number of nitrogens with one attached hydrogen (secondary N) is 1. The number of nitrogens with zero attached hydrogens (tertiary/aromatic N) is 2. The molecule has 0 saturated heterocycles. The molecule has 126 valence electrons. The number of carbonyl (C=O) groups is 1. The van der Waals surface area contributed by atoms with E-state index in [2.05, 4.69) is 10.3 Å². The standard InChI is InChI=1S/C18H13Cl2N3OS/c19-11-7-12(20)9-13(8-11)22-17-16-15(4-1-5-21-16)18(24)23(17)10-14-3-2-6-25-14/h1-9,17,22H,10H2. The van der Waals surface area contributed by atoms with Gasteiger partial charge in [-0.05, 0) is 41.8 Å². The molecular formula is C18H13Cl2N3OS. The number of amides is 1. The SMILES string of the molecule is O=C1c2cccnc2C(Nc2cc(Cl)cc(Cl)c2)N1Cc1cccs1. The van der Waals surface area contributed by atoms with Crippen LogP contribution in [0.1, 0.15) is 27.1 Å². The maximum absolute atomic E-state index is 12.9. The molecule has 0 aliphatic carbocycles. The van der Waals surface area contributed by atoms with E-state index >= 15 is 0 Å². The number of halogens is 2. The summed E-state index contributed by atoms with van der Waals surface area (Å²) in [5, 5.41) is 6.42. The van der Waals surface area contributed by atoms with Crippen LogP contribution in [0.25, 0.3) is 0 Å². The van der Waals surface area contributed by atoms with Gasteiger partial charge in [-0.3, -0.25) is 9.78 Å². The second-order valence-corrected chi connectivity index (χ2v) is 7.56. The fourth-order valence-corrected chi connectivity index (χ4v) is 4.14. The van der Waals surface area contributed by atoms with Crippen molar-refractivity contribution in [3.63, 3.8) is 0 Å². The Morgan fingerprint density at radius 3 is 2.68 bits per heavy atom.